The maximum absolute atomic E-state index is 12.4. The summed E-state index contributed by atoms with van der Waals surface area (Å²) in [5, 5.41) is 3.17. The van der Waals surface area contributed by atoms with Crippen LogP contribution in [-0.4, -0.2) is 49.1 Å². The third-order valence-electron chi connectivity index (χ3n) is 2.65. The molecule has 1 amide bonds. The molecule has 1 aromatic heterocycles. The van der Waals surface area contributed by atoms with Gasteiger partial charge >= 0.3 is 0 Å². The maximum atomic E-state index is 12.4. The summed E-state index contributed by atoms with van der Waals surface area (Å²) in [4.78, 5) is 18.1. The Bertz CT molecular complexity index is 382. The van der Waals surface area contributed by atoms with Gasteiger partial charge in [-0.2, -0.15) is 0 Å². The number of aromatic nitrogens is 1. The van der Waals surface area contributed by atoms with Crippen LogP contribution in [0.3, 0.4) is 0 Å². The number of nitrogens with one attached hydrogen (secondary N) is 1. The second-order valence-corrected chi connectivity index (χ2v) is 3.83. The summed E-state index contributed by atoms with van der Waals surface area (Å²) in [6.07, 6.45) is 3.29. The summed E-state index contributed by atoms with van der Waals surface area (Å²) in [6, 6.07) is 1.82. The molecule has 0 bridgehead atoms. The van der Waals surface area contributed by atoms with Crippen molar-refractivity contribution in [1.29, 1.82) is 0 Å². The summed E-state index contributed by atoms with van der Waals surface area (Å²) < 4.78 is 5.01. The zero-order valence-electron chi connectivity index (χ0n) is 11.3. The van der Waals surface area contributed by atoms with Gasteiger partial charge in [-0.1, -0.05) is 0 Å². The van der Waals surface area contributed by atoms with Gasteiger partial charge in [0.25, 0.3) is 5.91 Å². The first-order chi connectivity index (χ1) is 8.74. The molecule has 0 saturated carbocycles. The summed E-state index contributed by atoms with van der Waals surface area (Å²) >= 11 is 0. The van der Waals surface area contributed by atoms with Crippen LogP contribution in [0.5, 0.6) is 0 Å². The predicted molar refractivity (Wildman–Crippen MR) is 71.9 cm³/mol. The van der Waals surface area contributed by atoms with E-state index in [1.807, 2.05) is 19.9 Å². The molecule has 0 fully saturated rings. The van der Waals surface area contributed by atoms with E-state index in [1.54, 1.807) is 24.4 Å². The molecule has 1 aromatic rings. The number of nitrogens with zero attached hydrogens (tertiary/aromatic N) is 2. The first-order valence-electron chi connectivity index (χ1n) is 6.20. The van der Waals surface area contributed by atoms with E-state index in [-0.39, 0.29) is 5.91 Å². The van der Waals surface area contributed by atoms with E-state index in [0.717, 1.165) is 12.2 Å². The lowest BCUT2D eigenvalue weighted by Gasteiger charge is -2.21. The first kappa shape index (κ1) is 14.4. The van der Waals surface area contributed by atoms with Crippen molar-refractivity contribution in [3.05, 3.63) is 24.0 Å². The molecule has 1 rings (SSSR count). The SMILES string of the molecule is CCNc1ccncc1C(=O)N(CC)CCOC. The number of amides is 1. The second kappa shape index (κ2) is 7.66. The van der Waals surface area contributed by atoms with Crippen molar-refractivity contribution >= 4 is 11.6 Å². The number of hydrogen-bond donors (Lipinski definition) is 1. The van der Waals surface area contributed by atoms with Gasteiger partial charge in [0, 0.05) is 39.1 Å². The normalized spacial score (nSPS) is 10.2. The smallest absolute Gasteiger partial charge is 0.257 e. The topological polar surface area (TPSA) is 54.5 Å². The molecular formula is C13H21N3O2. The molecule has 5 heteroatoms. The van der Waals surface area contributed by atoms with Gasteiger partial charge in [-0.15, -0.1) is 0 Å². The van der Waals surface area contributed by atoms with Gasteiger partial charge in [-0.05, 0) is 19.9 Å². The summed E-state index contributed by atoms with van der Waals surface area (Å²) in [7, 11) is 1.63. The van der Waals surface area contributed by atoms with Gasteiger partial charge in [0.2, 0.25) is 0 Å². The number of ether oxygens (including phenoxy) is 1. The highest BCUT2D eigenvalue weighted by Crippen LogP contribution is 2.15. The Hall–Kier alpha value is -1.62. The van der Waals surface area contributed by atoms with E-state index in [9.17, 15) is 4.79 Å². The molecule has 0 spiro atoms. The van der Waals surface area contributed by atoms with Crippen LogP contribution in [0.1, 0.15) is 24.2 Å². The third-order valence-corrected chi connectivity index (χ3v) is 2.65. The van der Waals surface area contributed by atoms with Crippen molar-refractivity contribution in [3.63, 3.8) is 0 Å². The standard InChI is InChI=1S/C13H21N3O2/c1-4-15-12-6-7-14-10-11(12)13(17)16(5-2)8-9-18-3/h6-7,10H,4-5,8-9H2,1-3H3,(H,14,15). The van der Waals surface area contributed by atoms with Crippen LogP contribution in [0.25, 0.3) is 0 Å². The van der Waals surface area contributed by atoms with Crippen LogP contribution < -0.4 is 5.32 Å². The van der Waals surface area contributed by atoms with E-state index in [1.165, 1.54) is 0 Å². The Balaban J connectivity index is 2.86. The fraction of sp³-hybridized carbons (Fsp3) is 0.538. The number of rotatable bonds is 7. The molecule has 5 nitrogen and oxygen atoms in total. The number of methoxy groups -OCH3 is 1. The average Bonchev–Trinajstić information content (AvgIpc) is 2.40. The minimum absolute atomic E-state index is 0.0152. The molecule has 0 unspecified atom stereocenters. The highest BCUT2D eigenvalue weighted by Gasteiger charge is 2.17. The number of likely N-dealkylation sites (N-methyl/N-ethyl adjacent to an activating group) is 1. The number of hydrogen-bond acceptors (Lipinski definition) is 4. The molecule has 0 saturated heterocycles. The minimum atomic E-state index is -0.0152. The lowest BCUT2D eigenvalue weighted by molar-refractivity contribution is 0.0707. The highest BCUT2D eigenvalue weighted by molar-refractivity contribution is 5.99. The average molecular weight is 251 g/mol. The van der Waals surface area contributed by atoms with E-state index < -0.39 is 0 Å². The van der Waals surface area contributed by atoms with Gasteiger partial charge in [-0.3, -0.25) is 9.78 Å². The van der Waals surface area contributed by atoms with Crippen LogP contribution in [0.4, 0.5) is 5.69 Å². The molecule has 18 heavy (non-hydrogen) atoms. The van der Waals surface area contributed by atoms with Gasteiger partial charge in [-0.25, -0.2) is 0 Å². The molecule has 0 aliphatic rings. The lowest BCUT2D eigenvalue weighted by atomic mass is 10.2. The van der Waals surface area contributed by atoms with Crippen LogP contribution in [-0.2, 0) is 4.74 Å². The number of carbonyl (C=O) groups excluding carboxylic acids is 1. The van der Waals surface area contributed by atoms with E-state index in [4.69, 9.17) is 4.74 Å². The fourth-order valence-electron chi connectivity index (χ4n) is 1.68. The van der Waals surface area contributed by atoms with Gasteiger partial charge in [0.1, 0.15) is 0 Å². The van der Waals surface area contributed by atoms with E-state index >= 15 is 0 Å². The molecule has 0 aliphatic carbocycles. The molecule has 0 aromatic carbocycles. The Morgan fingerprint density at radius 2 is 2.28 bits per heavy atom. The van der Waals surface area contributed by atoms with Crippen molar-refractivity contribution < 1.29 is 9.53 Å². The molecular weight excluding hydrogens is 230 g/mol. The Kier molecular flexibility index (Phi) is 6.14. The van der Waals surface area contributed by atoms with Crippen LogP contribution in [0.15, 0.2) is 18.5 Å². The molecule has 1 heterocycles. The van der Waals surface area contributed by atoms with Gasteiger partial charge < -0.3 is 15.0 Å². The number of pyridine rings is 1. The van der Waals surface area contributed by atoms with Crippen molar-refractivity contribution in [2.45, 2.75) is 13.8 Å². The zero-order valence-corrected chi connectivity index (χ0v) is 11.3. The summed E-state index contributed by atoms with van der Waals surface area (Å²) in [5.41, 5.74) is 1.44. The van der Waals surface area contributed by atoms with Crippen molar-refractivity contribution in [2.75, 3.05) is 38.7 Å². The lowest BCUT2D eigenvalue weighted by Crippen LogP contribution is -2.34. The largest absolute Gasteiger partial charge is 0.385 e. The quantitative estimate of drug-likeness (QED) is 0.800. The monoisotopic (exact) mass is 251 g/mol. The summed E-state index contributed by atoms with van der Waals surface area (Å²) in [6.45, 7) is 6.51. The predicted octanol–water partition coefficient (Wildman–Crippen LogP) is 1.62. The third kappa shape index (κ3) is 3.70. The zero-order chi connectivity index (χ0) is 13.4. The van der Waals surface area contributed by atoms with Crippen molar-refractivity contribution in [2.24, 2.45) is 0 Å². The van der Waals surface area contributed by atoms with Crippen molar-refractivity contribution in [1.82, 2.24) is 9.88 Å². The van der Waals surface area contributed by atoms with E-state index in [0.29, 0.717) is 25.3 Å². The Morgan fingerprint density at radius 3 is 2.89 bits per heavy atom. The summed E-state index contributed by atoms with van der Waals surface area (Å²) in [5.74, 6) is -0.0152. The molecule has 0 atom stereocenters. The van der Waals surface area contributed by atoms with Crippen LogP contribution in [0, 0.1) is 0 Å². The molecule has 1 N–H and O–H groups in total. The maximum Gasteiger partial charge on any atom is 0.257 e. The molecule has 0 radical (unpaired) electrons. The van der Waals surface area contributed by atoms with Gasteiger partial charge in [0.15, 0.2) is 0 Å². The highest BCUT2D eigenvalue weighted by atomic mass is 16.5. The van der Waals surface area contributed by atoms with E-state index in [2.05, 4.69) is 10.3 Å². The number of carbonyl (C=O) groups is 1. The fourth-order valence-corrected chi connectivity index (χ4v) is 1.68. The van der Waals surface area contributed by atoms with Crippen molar-refractivity contribution in [3.8, 4) is 0 Å². The Labute approximate surface area is 108 Å². The van der Waals surface area contributed by atoms with Gasteiger partial charge in [0.05, 0.1) is 17.9 Å². The second-order valence-electron chi connectivity index (χ2n) is 3.83. The molecule has 100 valence electrons. The molecule has 0 aliphatic heterocycles. The van der Waals surface area contributed by atoms with Crippen LogP contribution in [0.2, 0.25) is 0 Å². The first-order valence-corrected chi connectivity index (χ1v) is 6.20. The number of anilines is 1. The minimum Gasteiger partial charge on any atom is -0.385 e. The Morgan fingerprint density at radius 1 is 1.50 bits per heavy atom. The van der Waals surface area contributed by atoms with Crippen LogP contribution >= 0.6 is 0 Å².